The molecule has 1 fully saturated rings. The van der Waals surface area contributed by atoms with Gasteiger partial charge in [-0.3, -0.25) is 4.79 Å². The highest BCUT2D eigenvalue weighted by Gasteiger charge is 2.41. The van der Waals surface area contributed by atoms with E-state index in [1.807, 2.05) is 0 Å². The van der Waals surface area contributed by atoms with Gasteiger partial charge in [-0.15, -0.1) is 0 Å². The Morgan fingerprint density at radius 3 is 2.42 bits per heavy atom. The van der Waals surface area contributed by atoms with Gasteiger partial charge in [-0.2, -0.15) is 0 Å². The number of hydrogen-bond donors (Lipinski definition) is 1. The number of carbonyl (C=O) groups excluding carboxylic acids is 1. The molecule has 0 amide bonds. The molecule has 0 unspecified atom stereocenters. The van der Waals surface area contributed by atoms with Gasteiger partial charge in [-0.1, -0.05) is 13.1 Å². The van der Waals surface area contributed by atoms with E-state index in [1.54, 1.807) is 0 Å². The second-order valence-corrected chi connectivity index (χ2v) is 9.43. The fraction of sp³-hybridized carbons (Fsp3) is 0.875. The van der Waals surface area contributed by atoms with Crippen LogP contribution in [0.3, 0.4) is 0 Å². The number of aliphatic hydroxyl groups is 1. The van der Waals surface area contributed by atoms with Crippen LogP contribution in [0.5, 0.6) is 0 Å². The maximum absolute atomic E-state index is 10.6. The molecular weight excluding hydrogens is 172 g/mol. The predicted molar refractivity (Wildman–Crippen MR) is 48.7 cm³/mol. The molecule has 0 aromatic rings. The zero-order valence-electron chi connectivity index (χ0n) is 7.83. The summed E-state index contributed by atoms with van der Waals surface area (Å²) >= 11 is 0. The lowest BCUT2D eigenvalue weighted by atomic mass is 10.3. The average molecular weight is 188 g/mol. The molecule has 1 saturated heterocycles. The van der Waals surface area contributed by atoms with E-state index < -0.39 is 14.2 Å². The van der Waals surface area contributed by atoms with Crippen molar-refractivity contribution < 1.29 is 14.6 Å². The minimum absolute atomic E-state index is 0.232. The number of ether oxygens (including phenoxy) is 1. The molecule has 1 heterocycles. The first-order valence-electron chi connectivity index (χ1n) is 4.26. The van der Waals surface area contributed by atoms with Gasteiger partial charge in [0, 0.05) is 6.92 Å². The number of carbonyl (C=O) groups is 1. The van der Waals surface area contributed by atoms with Crippen molar-refractivity contribution in [1.29, 1.82) is 0 Å². The monoisotopic (exact) mass is 188 g/mol. The zero-order chi connectivity index (χ0) is 9.35. The van der Waals surface area contributed by atoms with Gasteiger partial charge in [0.1, 0.15) is 6.10 Å². The first-order valence-corrected chi connectivity index (χ1v) is 7.67. The van der Waals surface area contributed by atoms with Crippen LogP contribution in [-0.4, -0.2) is 31.4 Å². The third kappa shape index (κ3) is 2.32. The highest BCUT2D eigenvalue weighted by atomic mass is 28.3. The van der Waals surface area contributed by atoms with E-state index in [9.17, 15) is 9.90 Å². The van der Waals surface area contributed by atoms with Crippen molar-refractivity contribution in [3.8, 4) is 0 Å². The van der Waals surface area contributed by atoms with Crippen LogP contribution in [0.15, 0.2) is 0 Å². The summed E-state index contributed by atoms with van der Waals surface area (Å²) in [5, 5.41) is 9.53. The van der Waals surface area contributed by atoms with Crippen LogP contribution >= 0.6 is 0 Å². The van der Waals surface area contributed by atoms with E-state index in [1.165, 1.54) is 6.92 Å². The van der Waals surface area contributed by atoms with Crippen molar-refractivity contribution in [3.63, 3.8) is 0 Å². The van der Waals surface area contributed by atoms with Crippen molar-refractivity contribution in [2.24, 2.45) is 0 Å². The third-order valence-electron chi connectivity index (χ3n) is 2.26. The molecular formula is C8H16O3Si. The van der Waals surface area contributed by atoms with Crippen LogP contribution < -0.4 is 0 Å². The number of aliphatic hydroxyl groups excluding tert-OH is 1. The molecule has 0 aromatic heterocycles. The predicted octanol–water partition coefficient (Wildman–Crippen LogP) is 1.00. The second-order valence-electron chi connectivity index (χ2n) is 4.29. The molecule has 0 radical (unpaired) electrons. The molecule has 4 heteroatoms. The maximum Gasteiger partial charge on any atom is 0.302 e. The Morgan fingerprint density at radius 2 is 2.08 bits per heavy atom. The quantitative estimate of drug-likeness (QED) is 0.493. The largest absolute Gasteiger partial charge is 0.460 e. The Bertz CT molecular complexity index is 191. The fourth-order valence-corrected chi connectivity index (χ4v) is 4.80. The average Bonchev–Trinajstić information content (AvgIpc) is 2.03. The number of esters is 1. The molecule has 0 spiro atoms. The summed E-state index contributed by atoms with van der Waals surface area (Å²) in [6, 6.07) is 1.75. The van der Waals surface area contributed by atoms with Gasteiger partial charge < -0.3 is 9.84 Å². The Kier molecular flexibility index (Phi) is 2.58. The van der Waals surface area contributed by atoms with E-state index in [0.717, 1.165) is 12.1 Å². The van der Waals surface area contributed by atoms with E-state index >= 15 is 0 Å². The molecule has 12 heavy (non-hydrogen) atoms. The first kappa shape index (κ1) is 9.73. The van der Waals surface area contributed by atoms with Gasteiger partial charge >= 0.3 is 5.97 Å². The molecule has 1 aliphatic heterocycles. The van der Waals surface area contributed by atoms with Crippen molar-refractivity contribution in [1.82, 2.24) is 0 Å². The summed E-state index contributed by atoms with van der Waals surface area (Å²) in [7, 11) is -1.26. The van der Waals surface area contributed by atoms with Crippen molar-refractivity contribution in [2.75, 3.05) is 0 Å². The minimum atomic E-state index is -1.26. The maximum atomic E-state index is 10.6. The number of hydrogen-bond acceptors (Lipinski definition) is 3. The Morgan fingerprint density at radius 1 is 1.50 bits per heavy atom. The SMILES string of the molecule is CC(=O)O[C@@H]1C[Si](C)(C)C[C@H]1O. The molecule has 1 N–H and O–H groups in total. The van der Waals surface area contributed by atoms with E-state index in [0.29, 0.717) is 0 Å². The minimum Gasteiger partial charge on any atom is -0.460 e. The second kappa shape index (κ2) is 3.18. The molecule has 0 saturated carbocycles. The molecule has 3 nitrogen and oxygen atoms in total. The van der Waals surface area contributed by atoms with Gasteiger partial charge in [0.25, 0.3) is 0 Å². The normalized spacial score (nSPS) is 33.3. The first-order chi connectivity index (χ1) is 5.41. The highest BCUT2D eigenvalue weighted by molar-refractivity contribution is 6.78. The molecule has 2 atom stereocenters. The van der Waals surface area contributed by atoms with E-state index in [-0.39, 0.29) is 12.1 Å². The topological polar surface area (TPSA) is 46.5 Å². The van der Waals surface area contributed by atoms with Crippen LogP contribution in [0, 0.1) is 0 Å². The molecule has 1 rings (SSSR count). The lowest BCUT2D eigenvalue weighted by Gasteiger charge is -2.14. The fourth-order valence-electron chi connectivity index (χ4n) is 1.79. The Balaban J connectivity index is 2.52. The van der Waals surface area contributed by atoms with Crippen LogP contribution in [0.4, 0.5) is 0 Å². The summed E-state index contributed by atoms with van der Waals surface area (Å²) in [6.45, 7) is 5.80. The number of rotatable bonds is 1. The molecule has 70 valence electrons. The molecule has 0 aromatic carbocycles. The summed E-state index contributed by atoms with van der Waals surface area (Å²) < 4.78 is 5.00. The van der Waals surface area contributed by atoms with E-state index in [4.69, 9.17) is 4.74 Å². The van der Waals surface area contributed by atoms with Gasteiger partial charge in [0.2, 0.25) is 0 Å². The Labute approximate surface area is 73.7 Å². The van der Waals surface area contributed by atoms with Gasteiger partial charge in [-0.05, 0) is 12.1 Å². The summed E-state index contributed by atoms with van der Waals surface area (Å²) in [6.07, 6.45) is -0.653. The smallest absolute Gasteiger partial charge is 0.302 e. The molecule has 0 aliphatic carbocycles. The third-order valence-corrected chi connectivity index (χ3v) is 5.29. The van der Waals surface area contributed by atoms with Crippen LogP contribution in [0.1, 0.15) is 6.92 Å². The summed E-state index contributed by atoms with van der Waals surface area (Å²) in [4.78, 5) is 10.6. The zero-order valence-corrected chi connectivity index (χ0v) is 8.83. The van der Waals surface area contributed by atoms with E-state index in [2.05, 4.69) is 13.1 Å². The van der Waals surface area contributed by atoms with Crippen molar-refractivity contribution in [2.45, 2.75) is 44.3 Å². The van der Waals surface area contributed by atoms with Gasteiger partial charge in [0.05, 0.1) is 14.2 Å². The Hall–Kier alpha value is -0.353. The lowest BCUT2D eigenvalue weighted by molar-refractivity contribution is -0.149. The summed E-state index contributed by atoms with van der Waals surface area (Å²) in [5.41, 5.74) is 0. The lowest BCUT2D eigenvalue weighted by Crippen LogP contribution is -2.24. The van der Waals surface area contributed by atoms with Gasteiger partial charge in [-0.25, -0.2) is 0 Å². The van der Waals surface area contributed by atoms with Crippen molar-refractivity contribution >= 4 is 14.0 Å². The van der Waals surface area contributed by atoms with Crippen molar-refractivity contribution in [3.05, 3.63) is 0 Å². The van der Waals surface area contributed by atoms with Gasteiger partial charge in [0.15, 0.2) is 0 Å². The standard InChI is InChI=1S/C8H16O3Si/c1-6(9)11-8-5-12(2,3)4-7(8)10/h7-8,10H,4-5H2,1-3H3/t7-,8-/m1/s1. The van der Waals surface area contributed by atoms with Crippen LogP contribution in [-0.2, 0) is 9.53 Å². The van der Waals surface area contributed by atoms with Crippen LogP contribution in [0.25, 0.3) is 0 Å². The molecule has 1 aliphatic rings. The molecule has 0 bridgehead atoms. The summed E-state index contributed by atoms with van der Waals surface area (Å²) in [5.74, 6) is -0.286. The van der Waals surface area contributed by atoms with Crippen LogP contribution in [0.2, 0.25) is 25.2 Å². The highest BCUT2D eigenvalue weighted by Crippen LogP contribution is 2.32.